The van der Waals surface area contributed by atoms with Crippen LogP contribution in [0.1, 0.15) is 12.0 Å². The molecule has 116 valence electrons. The average Bonchev–Trinajstić information content (AvgIpc) is 2.64. The molecule has 0 saturated carbocycles. The fourth-order valence-corrected chi connectivity index (χ4v) is 4.21. The van der Waals surface area contributed by atoms with E-state index in [0.717, 1.165) is 12.8 Å². The summed E-state index contributed by atoms with van der Waals surface area (Å²) in [6.07, 6.45) is 1.72. The molecule has 0 radical (unpaired) electrons. The third kappa shape index (κ3) is 1.79. The van der Waals surface area contributed by atoms with Gasteiger partial charge in [0, 0.05) is 6.61 Å². The van der Waals surface area contributed by atoms with E-state index in [-0.39, 0.29) is 6.61 Å². The van der Waals surface area contributed by atoms with Gasteiger partial charge in [0.15, 0.2) is 0 Å². The minimum absolute atomic E-state index is 0.236. The highest BCUT2D eigenvalue weighted by molar-refractivity contribution is 6.33. The molecule has 0 aromatic heterocycles. The summed E-state index contributed by atoms with van der Waals surface area (Å²) in [5, 5.41) is 20.0. The van der Waals surface area contributed by atoms with Gasteiger partial charge in [0.1, 0.15) is 0 Å². The number of hydrogen-bond donors (Lipinski definition) is 1. The first kappa shape index (κ1) is 13.8. The summed E-state index contributed by atoms with van der Waals surface area (Å²) in [4.78, 5) is 0. The quantitative estimate of drug-likeness (QED) is 0.336. The van der Waals surface area contributed by atoms with Crippen molar-refractivity contribution in [3.63, 3.8) is 0 Å². The molecule has 5 aromatic rings. The first-order chi connectivity index (χ1) is 11.9. The second-order valence-corrected chi connectivity index (χ2v) is 6.54. The van der Waals surface area contributed by atoms with Gasteiger partial charge in [-0.3, -0.25) is 0 Å². The Balaban J connectivity index is 2.10. The number of aliphatic hydroxyl groups is 1. The number of fused-ring (bicyclic) bond motifs is 2. The second kappa shape index (κ2) is 5.19. The van der Waals surface area contributed by atoms with Crippen molar-refractivity contribution in [2.75, 3.05) is 6.61 Å². The van der Waals surface area contributed by atoms with Crippen LogP contribution in [-0.2, 0) is 6.42 Å². The molecule has 0 bridgehead atoms. The van der Waals surface area contributed by atoms with Crippen LogP contribution < -0.4 is 0 Å². The van der Waals surface area contributed by atoms with Gasteiger partial charge in [-0.25, -0.2) is 0 Å². The van der Waals surface area contributed by atoms with Crippen molar-refractivity contribution in [1.82, 2.24) is 0 Å². The Morgan fingerprint density at radius 2 is 1.21 bits per heavy atom. The van der Waals surface area contributed by atoms with Crippen LogP contribution in [0.2, 0.25) is 0 Å². The van der Waals surface area contributed by atoms with Crippen LogP contribution in [0.15, 0.2) is 66.7 Å². The van der Waals surface area contributed by atoms with E-state index < -0.39 is 0 Å². The molecule has 0 unspecified atom stereocenters. The molecule has 1 nitrogen and oxygen atoms in total. The molecule has 0 aliphatic heterocycles. The number of rotatable bonds is 3. The number of benzene rings is 5. The Hall–Kier alpha value is -2.64. The van der Waals surface area contributed by atoms with Gasteiger partial charge in [0.25, 0.3) is 0 Å². The lowest BCUT2D eigenvalue weighted by atomic mass is 9.87. The maximum atomic E-state index is 9.28. The third-order valence-corrected chi connectivity index (χ3v) is 5.20. The average molecular weight is 310 g/mol. The minimum Gasteiger partial charge on any atom is -0.396 e. The molecule has 0 heterocycles. The van der Waals surface area contributed by atoms with Gasteiger partial charge in [-0.1, -0.05) is 66.7 Å². The maximum Gasteiger partial charge on any atom is 0.0434 e. The highest BCUT2D eigenvalue weighted by Gasteiger charge is 2.14. The topological polar surface area (TPSA) is 20.2 Å². The van der Waals surface area contributed by atoms with Crippen LogP contribution in [0, 0.1) is 0 Å². The Morgan fingerprint density at radius 3 is 1.92 bits per heavy atom. The van der Waals surface area contributed by atoms with Crippen LogP contribution in [0.5, 0.6) is 0 Å². The van der Waals surface area contributed by atoms with Crippen molar-refractivity contribution < 1.29 is 5.11 Å². The lowest BCUT2D eigenvalue weighted by molar-refractivity contribution is 0.289. The normalized spacial score (nSPS) is 12.0. The molecule has 0 spiro atoms. The molecule has 24 heavy (non-hydrogen) atoms. The first-order valence-corrected chi connectivity index (χ1v) is 8.56. The molecular weight excluding hydrogens is 292 g/mol. The van der Waals surface area contributed by atoms with Crippen molar-refractivity contribution in [3.05, 3.63) is 72.3 Å². The molecule has 5 rings (SSSR count). The molecular formula is C23H18O. The molecule has 1 heteroatoms. The predicted octanol–water partition coefficient (Wildman–Crippen LogP) is 5.66. The van der Waals surface area contributed by atoms with Gasteiger partial charge in [-0.05, 0) is 61.5 Å². The molecule has 1 N–H and O–H groups in total. The van der Waals surface area contributed by atoms with Gasteiger partial charge in [-0.2, -0.15) is 0 Å². The van der Waals surface area contributed by atoms with E-state index in [1.807, 2.05) is 0 Å². The van der Waals surface area contributed by atoms with Crippen molar-refractivity contribution in [2.45, 2.75) is 12.8 Å². The Morgan fingerprint density at radius 1 is 0.583 bits per heavy atom. The number of hydrogen-bond acceptors (Lipinski definition) is 1. The molecule has 0 aliphatic carbocycles. The first-order valence-electron chi connectivity index (χ1n) is 8.56. The molecule has 0 amide bonds. The molecule has 0 fully saturated rings. The van der Waals surface area contributed by atoms with Gasteiger partial charge in [-0.15, -0.1) is 0 Å². The third-order valence-electron chi connectivity index (χ3n) is 5.20. The Labute approximate surface area is 140 Å². The summed E-state index contributed by atoms with van der Waals surface area (Å²) in [5.74, 6) is 0. The van der Waals surface area contributed by atoms with Gasteiger partial charge in [0.2, 0.25) is 0 Å². The monoisotopic (exact) mass is 310 g/mol. The van der Waals surface area contributed by atoms with Crippen LogP contribution >= 0.6 is 0 Å². The highest BCUT2D eigenvalue weighted by atomic mass is 16.2. The zero-order chi connectivity index (χ0) is 16.1. The zero-order valence-corrected chi connectivity index (χ0v) is 13.4. The van der Waals surface area contributed by atoms with Crippen LogP contribution in [-0.4, -0.2) is 11.7 Å². The van der Waals surface area contributed by atoms with E-state index in [1.54, 1.807) is 0 Å². The minimum atomic E-state index is 0.236. The van der Waals surface area contributed by atoms with Crippen molar-refractivity contribution in [1.29, 1.82) is 0 Å². The van der Waals surface area contributed by atoms with Crippen LogP contribution in [0.3, 0.4) is 0 Å². The fraction of sp³-hybridized carbons (Fsp3) is 0.130. The predicted molar refractivity (Wildman–Crippen MR) is 103 cm³/mol. The molecule has 5 aromatic carbocycles. The van der Waals surface area contributed by atoms with Gasteiger partial charge >= 0.3 is 0 Å². The fourth-order valence-electron chi connectivity index (χ4n) is 4.21. The Bertz CT molecular complexity index is 1180. The molecule has 0 atom stereocenters. The largest absolute Gasteiger partial charge is 0.396 e. The van der Waals surface area contributed by atoms with E-state index in [2.05, 4.69) is 66.7 Å². The SMILES string of the molecule is OCCCc1ccc2cccc3c4cccc5cccc(c1c23)c54. The zero-order valence-electron chi connectivity index (χ0n) is 13.4. The Kier molecular flexibility index (Phi) is 2.97. The summed E-state index contributed by atoms with van der Waals surface area (Å²) in [6, 6.07) is 24.3. The number of aliphatic hydroxyl groups excluding tert-OH is 1. The van der Waals surface area contributed by atoms with Crippen LogP contribution in [0.25, 0.3) is 43.1 Å². The van der Waals surface area contributed by atoms with E-state index >= 15 is 0 Å². The van der Waals surface area contributed by atoms with E-state index in [1.165, 1.54) is 48.7 Å². The van der Waals surface area contributed by atoms with Crippen molar-refractivity contribution in [3.8, 4) is 0 Å². The van der Waals surface area contributed by atoms with Crippen molar-refractivity contribution in [2.24, 2.45) is 0 Å². The summed E-state index contributed by atoms with van der Waals surface area (Å²) >= 11 is 0. The van der Waals surface area contributed by atoms with Gasteiger partial charge < -0.3 is 5.11 Å². The lowest BCUT2D eigenvalue weighted by Gasteiger charge is -2.17. The smallest absolute Gasteiger partial charge is 0.0434 e. The summed E-state index contributed by atoms with van der Waals surface area (Å²) in [6.45, 7) is 0.236. The summed E-state index contributed by atoms with van der Waals surface area (Å²) < 4.78 is 0. The van der Waals surface area contributed by atoms with Crippen molar-refractivity contribution >= 4 is 43.1 Å². The summed E-state index contributed by atoms with van der Waals surface area (Å²) in [7, 11) is 0. The lowest BCUT2D eigenvalue weighted by Crippen LogP contribution is -1.94. The van der Waals surface area contributed by atoms with E-state index in [9.17, 15) is 5.11 Å². The van der Waals surface area contributed by atoms with Crippen LogP contribution in [0.4, 0.5) is 0 Å². The molecule has 0 saturated heterocycles. The van der Waals surface area contributed by atoms with E-state index in [4.69, 9.17) is 0 Å². The highest BCUT2D eigenvalue weighted by Crippen LogP contribution is 2.41. The maximum absolute atomic E-state index is 9.28. The summed E-state index contributed by atoms with van der Waals surface area (Å²) in [5.41, 5.74) is 1.34. The van der Waals surface area contributed by atoms with E-state index in [0.29, 0.717) is 0 Å². The molecule has 0 aliphatic rings. The van der Waals surface area contributed by atoms with Gasteiger partial charge in [0.05, 0.1) is 0 Å². The standard InChI is InChI=1S/C23H18O/c24-14-4-8-17-13-12-16-7-2-10-19-18-9-1-5-15-6-3-11-20(21(15)18)23(17)22(16)19/h1-3,5-7,9-13,24H,4,8,14H2. The second-order valence-electron chi connectivity index (χ2n) is 6.54. The number of aryl methyl sites for hydroxylation is 1.